The minimum absolute atomic E-state index is 0.750. The Kier molecular flexibility index (Phi) is 22.3. The van der Waals surface area contributed by atoms with Crippen molar-refractivity contribution in [1.82, 2.24) is 0 Å². The molecular weight excluding hydrogens is 1300 g/mol. The zero-order chi connectivity index (χ0) is 65.0. The van der Waals surface area contributed by atoms with Gasteiger partial charge in [-0.2, -0.15) is 0 Å². The summed E-state index contributed by atoms with van der Waals surface area (Å²) < 4.78 is -0.750. The van der Waals surface area contributed by atoms with Crippen LogP contribution in [0.2, 0.25) is 0 Å². The molecule has 0 aliphatic heterocycles. The van der Waals surface area contributed by atoms with E-state index in [9.17, 15) is 0 Å². The summed E-state index contributed by atoms with van der Waals surface area (Å²) >= 11 is 14.4. The maximum absolute atomic E-state index is 4.81. The molecule has 0 heterocycles. The van der Waals surface area contributed by atoms with E-state index >= 15 is 0 Å². The van der Waals surface area contributed by atoms with E-state index in [1.54, 1.807) is 44.5 Å². The number of halogens is 3. The molecule has 96 heavy (non-hydrogen) atoms. The summed E-state index contributed by atoms with van der Waals surface area (Å²) in [6.07, 6.45) is 19.8. The SMILES string of the molecule is ClC(Cl)Cl.c1ccc(P(c2ccccc2)c2cc3c(cc2-c2cc4c(cc2P(c2ccccc2)c2ccccc2)CCCC4)CCCC3)cc1.c1ccc(P(c2ccccc2)c2cc3c(cc2-c2cc4c(cc2P(c2ccccc2)c2ccccc2)CCCC4)CCCC3)cc1. The first kappa shape index (κ1) is 66.5. The molecule has 0 saturated heterocycles. The number of benzene rings is 12. The maximum Gasteiger partial charge on any atom is 0.180 e. The molecule has 0 nitrogen and oxygen atoms in total. The van der Waals surface area contributed by atoms with E-state index in [4.69, 9.17) is 34.8 Å². The molecule has 16 rings (SSSR count). The molecule has 0 bridgehead atoms. The van der Waals surface area contributed by atoms with Gasteiger partial charge in [0, 0.05) is 0 Å². The summed E-state index contributed by atoms with van der Waals surface area (Å²) in [4.78, 5) is 0. The number of hydrogen-bond donors (Lipinski definition) is 0. The molecule has 12 aromatic rings. The average Bonchev–Trinajstić information content (AvgIpc) is 0.753. The van der Waals surface area contributed by atoms with Gasteiger partial charge in [-0.15, -0.1) is 0 Å². The van der Waals surface area contributed by atoms with Crippen molar-refractivity contribution in [3.8, 4) is 22.3 Å². The number of hydrogen-bond acceptors (Lipinski definition) is 0. The Morgan fingerprint density at radius 2 is 0.312 bits per heavy atom. The summed E-state index contributed by atoms with van der Waals surface area (Å²) in [5.41, 5.74) is 18.4. The van der Waals surface area contributed by atoms with Gasteiger partial charge in [0.05, 0.1) is 0 Å². The largest absolute Gasteiger partial charge is 0.180 e. The Balaban J connectivity index is 0.000000156. The maximum atomic E-state index is 4.81. The van der Waals surface area contributed by atoms with Crippen LogP contribution < -0.4 is 63.7 Å². The third-order valence-corrected chi connectivity index (χ3v) is 29.4. The Morgan fingerprint density at radius 3 is 0.448 bits per heavy atom. The van der Waals surface area contributed by atoms with Gasteiger partial charge in [0.1, 0.15) is 0 Å². The van der Waals surface area contributed by atoms with E-state index in [1.165, 1.54) is 189 Å². The average molecular weight is 1380 g/mol. The summed E-state index contributed by atoms with van der Waals surface area (Å²) in [6.45, 7) is 0. The Morgan fingerprint density at radius 1 is 0.188 bits per heavy atom. The zero-order valence-electron chi connectivity index (χ0n) is 54.5. The molecule has 0 N–H and O–H groups in total. The first-order valence-electron chi connectivity index (χ1n) is 34.6. The van der Waals surface area contributed by atoms with Crippen molar-refractivity contribution in [3.63, 3.8) is 0 Å². The van der Waals surface area contributed by atoms with E-state index in [1.807, 2.05) is 0 Å². The topological polar surface area (TPSA) is 0 Å². The monoisotopic (exact) mass is 1380 g/mol. The van der Waals surface area contributed by atoms with Crippen LogP contribution in [0.25, 0.3) is 22.3 Å². The minimum atomic E-state index is -0.750. The van der Waals surface area contributed by atoms with Crippen LogP contribution in [-0.2, 0) is 51.4 Å². The second-order valence-electron chi connectivity index (χ2n) is 25.7. The summed E-state index contributed by atoms with van der Waals surface area (Å²) in [6, 6.07) is 112. The van der Waals surface area contributed by atoms with Gasteiger partial charge in [0.15, 0.2) is 4.30 Å². The van der Waals surface area contributed by atoms with E-state index in [2.05, 4.69) is 291 Å². The predicted octanol–water partition coefficient (Wildman–Crippen LogP) is 19.2. The highest BCUT2D eigenvalue weighted by molar-refractivity contribution is 7.81. The molecule has 478 valence electrons. The lowest BCUT2D eigenvalue weighted by atomic mass is 9.86. The molecule has 0 spiro atoms. The van der Waals surface area contributed by atoms with E-state index < -0.39 is 36.0 Å². The quantitative estimate of drug-likeness (QED) is 0.0752. The van der Waals surface area contributed by atoms with Gasteiger partial charge < -0.3 is 0 Å². The molecule has 4 aliphatic carbocycles. The lowest BCUT2D eigenvalue weighted by Crippen LogP contribution is -2.27. The van der Waals surface area contributed by atoms with Crippen LogP contribution in [-0.4, -0.2) is 4.30 Å². The molecule has 0 saturated carbocycles. The molecule has 12 aromatic carbocycles. The third-order valence-electron chi connectivity index (χ3n) is 19.5. The van der Waals surface area contributed by atoms with Gasteiger partial charge in [-0.1, -0.05) is 302 Å². The Labute approximate surface area is 590 Å². The summed E-state index contributed by atoms with van der Waals surface area (Å²) in [5, 5.41) is 17.5. The van der Waals surface area contributed by atoms with Gasteiger partial charge in [0.2, 0.25) is 0 Å². The summed E-state index contributed by atoms with van der Waals surface area (Å²) in [5.74, 6) is 0. The number of aryl methyl sites for hydroxylation is 8. The molecule has 0 aromatic heterocycles. The fourth-order valence-electron chi connectivity index (χ4n) is 15.0. The first-order chi connectivity index (χ1) is 47.4. The minimum Gasteiger partial charge on any atom is -0.0874 e. The Bertz CT molecular complexity index is 3780. The lowest BCUT2D eigenvalue weighted by Gasteiger charge is -2.30. The summed E-state index contributed by atoms with van der Waals surface area (Å²) in [7, 11) is -3.00. The standard InChI is InChI=1S/2C44H40P2.CHCl3/c2*1-5-21-37(22-6-1)45(38-23-7-2-8-24-38)43-31-35-19-15-13-17-33(35)29-41(43)42-30-34-18-14-16-20-36(34)32-44(42)46(39-25-9-3-10-26-39)40-27-11-4-12-28-40;2-1(3)4/h2*1-12,21-32H,13-20H2;1H. The van der Waals surface area contributed by atoms with Crippen LogP contribution in [0.3, 0.4) is 0 Å². The van der Waals surface area contributed by atoms with E-state index in [-0.39, 0.29) is 0 Å². The normalized spacial score (nSPS) is 14.0. The van der Waals surface area contributed by atoms with E-state index in [0.29, 0.717) is 0 Å². The van der Waals surface area contributed by atoms with Crippen LogP contribution in [0.15, 0.2) is 291 Å². The number of alkyl halides is 3. The predicted molar refractivity (Wildman–Crippen MR) is 426 cm³/mol. The van der Waals surface area contributed by atoms with Crippen molar-refractivity contribution in [2.75, 3.05) is 0 Å². The van der Waals surface area contributed by atoms with Crippen LogP contribution >= 0.6 is 66.5 Å². The number of rotatable bonds is 14. The molecule has 7 heteroatoms. The smallest absolute Gasteiger partial charge is 0.0874 e. The van der Waals surface area contributed by atoms with Crippen molar-refractivity contribution < 1.29 is 0 Å². The van der Waals surface area contributed by atoms with Crippen LogP contribution in [0, 0.1) is 0 Å². The number of fused-ring (bicyclic) bond motifs is 4. The third kappa shape index (κ3) is 15.4. The van der Waals surface area contributed by atoms with Crippen LogP contribution in [0.1, 0.15) is 95.9 Å². The highest BCUT2D eigenvalue weighted by Gasteiger charge is 2.32. The molecular formula is C89H81Cl3P4. The van der Waals surface area contributed by atoms with Gasteiger partial charge in [-0.25, -0.2) is 0 Å². The Hall–Kier alpha value is -6.77. The van der Waals surface area contributed by atoms with E-state index in [0.717, 1.165) is 0 Å². The molecule has 4 aliphatic rings. The second-order valence-corrected chi connectivity index (χ2v) is 36.4. The fraction of sp³-hybridized carbons (Fsp3) is 0.191. The van der Waals surface area contributed by atoms with Crippen molar-refractivity contribution in [2.24, 2.45) is 0 Å². The van der Waals surface area contributed by atoms with Crippen molar-refractivity contribution in [3.05, 3.63) is 336 Å². The fourth-order valence-corrected chi connectivity index (χ4v) is 25.0. The van der Waals surface area contributed by atoms with Gasteiger partial charge in [-0.3, -0.25) is 0 Å². The zero-order valence-corrected chi connectivity index (χ0v) is 60.4. The molecule has 0 radical (unpaired) electrons. The van der Waals surface area contributed by atoms with Crippen molar-refractivity contribution in [2.45, 2.75) is 107 Å². The van der Waals surface area contributed by atoms with Crippen molar-refractivity contribution >= 4 is 130 Å². The first-order valence-corrected chi connectivity index (χ1v) is 41.2. The molecule has 0 atom stereocenters. The molecule has 0 fully saturated rings. The van der Waals surface area contributed by atoms with Gasteiger partial charge in [0.25, 0.3) is 0 Å². The van der Waals surface area contributed by atoms with Crippen LogP contribution in [0.4, 0.5) is 0 Å². The molecule has 0 unspecified atom stereocenters. The van der Waals surface area contributed by atoms with Crippen molar-refractivity contribution in [1.29, 1.82) is 0 Å². The highest BCUT2D eigenvalue weighted by atomic mass is 35.6. The second kappa shape index (κ2) is 32.3. The highest BCUT2D eigenvalue weighted by Crippen LogP contribution is 2.47. The molecule has 0 amide bonds. The van der Waals surface area contributed by atoms with Crippen LogP contribution in [0.5, 0.6) is 0 Å². The lowest BCUT2D eigenvalue weighted by molar-refractivity contribution is 0.685. The van der Waals surface area contributed by atoms with Gasteiger partial charge >= 0.3 is 0 Å². The van der Waals surface area contributed by atoms with Gasteiger partial charge in [-0.05, 0) is 289 Å².